The second kappa shape index (κ2) is 10.6. The van der Waals surface area contributed by atoms with E-state index in [2.05, 4.69) is 4.98 Å². The number of methoxy groups -OCH3 is 1. The number of nitrogens with zero attached hydrogens (tertiary/aromatic N) is 1. The lowest BCUT2D eigenvalue weighted by Crippen LogP contribution is -2.43. The monoisotopic (exact) mass is 477 g/mol. The van der Waals surface area contributed by atoms with Crippen molar-refractivity contribution in [2.45, 2.75) is 52.4 Å². The highest BCUT2D eigenvalue weighted by Gasteiger charge is 2.36. The molecule has 0 aliphatic carbocycles. The third-order valence-electron chi connectivity index (χ3n) is 4.92. The summed E-state index contributed by atoms with van der Waals surface area (Å²) < 4.78 is 22.5. The third-order valence-corrected chi connectivity index (χ3v) is 4.92. The number of aromatic nitrogens is 1. The van der Waals surface area contributed by atoms with E-state index < -0.39 is 17.2 Å². The Labute approximate surface area is 206 Å². The van der Waals surface area contributed by atoms with Crippen molar-refractivity contribution in [1.82, 2.24) is 4.98 Å². The van der Waals surface area contributed by atoms with Gasteiger partial charge in [0.2, 0.25) is 5.88 Å². The molecule has 0 bridgehead atoms. The Morgan fingerprint density at radius 3 is 2.23 bits per heavy atom. The van der Waals surface area contributed by atoms with E-state index >= 15 is 0 Å². The van der Waals surface area contributed by atoms with Crippen molar-refractivity contribution in [3.63, 3.8) is 0 Å². The summed E-state index contributed by atoms with van der Waals surface area (Å²) in [6.07, 6.45) is 1.45. The quantitative estimate of drug-likeness (QED) is 0.301. The van der Waals surface area contributed by atoms with Crippen LogP contribution in [0, 0.1) is 0 Å². The zero-order chi connectivity index (χ0) is 25.6. The number of esters is 1. The Morgan fingerprint density at radius 2 is 1.63 bits per heavy atom. The van der Waals surface area contributed by atoms with E-state index in [-0.39, 0.29) is 17.1 Å². The maximum atomic E-state index is 13.3. The zero-order valence-electron chi connectivity index (χ0n) is 21.0. The summed E-state index contributed by atoms with van der Waals surface area (Å²) in [5.41, 5.74) is -0.394. The molecule has 3 rings (SSSR count). The molecule has 0 unspecified atom stereocenters. The number of carbonyl (C=O) groups excluding carboxylic acids is 2. The molecular weight excluding hydrogens is 446 g/mol. The van der Waals surface area contributed by atoms with Crippen LogP contribution < -0.4 is 14.2 Å². The second-order valence-electron chi connectivity index (χ2n) is 9.46. The van der Waals surface area contributed by atoms with Gasteiger partial charge < -0.3 is 18.9 Å². The van der Waals surface area contributed by atoms with E-state index in [0.717, 1.165) is 5.56 Å². The van der Waals surface area contributed by atoms with Crippen molar-refractivity contribution < 1.29 is 28.5 Å². The molecular formula is C28H31NO6. The zero-order valence-corrected chi connectivity index (χ0v) is 21.0. The fourth-order valence-corrected chi connectivity index (χ4v) is 3.11. The second-order valence-corrected chi connectivity index (χ2v) is 9.46. The number of benzene rings is 2. The van der Waals surface area contributed by atoms with Gasteiger partial charge in [-0.1, -0.05) is 30.3 Å². The molecule has 0 atom stereocenters. The van der Waals surface area contributed by atoms with E-state index in [1.807, 2.05) is 30.3 Å². The molecule has 0 saturated carbocycles. The summed E-state index contributed by atoms with van der Waals surface area (Å²) in [7, 11) is 1.51. The molecule has 0 aliphatic rings. The number of rotatable bonds is 9. The molecule has 0 radical (unpaired) electrons. The van der Waals surface area contributed by atoms with Crippen LogP contribution in [-0.4, -0.2) is 35.0 Å². The molecule has 0 amide bonds. The van der Waals surface area contributed by atoms with Crippen LogP contribution in [0.1, 0.15) is 56.1 Å². The van der Waals surface area contributed by atoms with Crippen molar-refractivity contribution in [2.24, 2.45) is 0 Å². The molecule has 0 saturated heterocycles. The summed E-state index contributed by atoms with van der Waals surface area (Å²) >= 11 is 0. The van der Waals surface area contributed by atoms with Gasteiger partial charge in [0, 0.05) is 23.9 Å². The van der Waals surface area contributed by atoms with Crippen LogP contribution in [0.5, 0.6) is 17.4 Å². The summed E-state index contributed by atoms with van der Waals surface area (Å²) in [6.45, 7) is 8.90. The molecule has 0 aliphatic heterocycles. The highest BCUT2D eigenvalue weighted by Crippen LogP contribution is 2.31. The minimum atomic E-state index is -1.35. The minimum absolute atomic E-state index is 0.203. The number of pyridine rings is 1. The van der Waals surface area contributed by atoms with Gasteiger partial charge >= 0.3 is 5.97 Å². The van der Waals surface area contributed by atoms with Gasteiger partial charge in [-0.3, -0.25) is 4.79 Å². The highest BCUT2D eigenvalue weighted by atomic mass is 16.6. The average Bonchev–Trinajstić information content (AvgIpc) is 2.82. The fraction of sp³-hybridized carbons (Fsp3) is 0.321. The lowest BCUT2D eigenvalue weighted by Gasteiger charge is -2.29. The van der Waals surface area contributed by atoms with Crippen LogP contribution in [0.3, 0.4) is 0 Å². The van der Waals surface area contributed by atoms with E-state index in [4.69, 9.17) is 18.9 Å². The van der Waals surface area contributed by atoms with Crippen LogP contribution in [0.2, 0.25) is 0 Å². The SMILES string of the molecule is COc1ccc(C(=O)c2ccc(OCc3ccccc3)nc2)c(OC(C)(C)C(=O)OC(C)(C)C)c1. The number of ether oxygens (including phenoxy) is 4. The van der Waals surface area contributed by atoms with Crippen molar-refractivity contribution in [3.05, 3.63) is 83.6 Å². The number of ketones is 1. The normalized spacial score (nSPS) is 11.5. The molecule has 0 spiro atoms. The topological polar surface area (TPSA) is 84.0 Å². The van der Waals surface area contributed by atoms with Gasteiger partial charge in [0.05, 0.1) is 12.7 Å². The smallest absolute Gasteiger partial charge is 0.350 e. The van der Waals surface area contributed by atoms with Crippen molar-refractivity contribution >= 4 is 11.8 Å². The van der Waals surface area contributed by atoms with Crippen LogP contribution in [0.15, 0.2) is 66.9 Å². The van der Waals surface area contributed by atoms with Crippen molar-refractivity contribution in [1.29, 1.82) is 0 Å². The van der Waals surface area contributed by atoms with Gasteiger partial charge in [0.15, 0.2) is 11.4 Å². The Hall–Kier alpha value is -3.87. The van der Waals surface area contributed by atoms with Crippen molar-refractivity contribution in [2.75, 3.05) is 7.11 Å². The molecule has 7 heteroatoms. The standard InChI is InChI=1S/C28H31NO6/c1-27(2,3)35-26(31)28(4,5)34-23-16-21(32-6)13-14-22(23)25(30)20-12-15-24(29-17-20)33-18-19-10-8-7-9-11-19/h7-17H,18H2,1-6H3. The van der Waals surface area contributed by atoms with Gasteiger partial charge in [-0.25, -0.2) is 9.78 Å². The summed E-state index contributed by atoms with van der Waals surface area (Å²) in [4.78, 5) is 30.3. The molecule has 0 N–H and O–H groups in total. The van der Waals surface area contributed by atoms with Crippen LogP contribution in [0.25, 0.3) is 0 Å². The van der Waals surface area contributed by atoms with E-state index in [1.165, 1.54) is 13.3 Å². The largest absolute Gasteiger partial charge is 0.497 e. The van der Waals surface area contributed by atoms with Gasteiger partial charge in [0.1, 0.15) is 23.7 Å². The Kier molecular flexibility index (Phi) is 7.79. The molecule has 35 heavy (non-hydrogen) atoms. The van der Waals surface area contributed by atoms with Crippen LogP contribution >= 0.6 is 0 Å². The Balaban J connectivity index is 1.81. The maximum Gasteiger partial charge on any atom is 0.350 e. The molecule has 0 fully saturated rings. The number of carbonyl (C=O) groups is 2. The first-order valence-corrected chi connectivity index (χ1v) is 11.3. The maximum absolute atomic E-state index is 13.3. The molecule has 1 heterocycles. The molecule has 1 aromatic heterocycles. The summed E-state index contributed by atoms with van der Waals surface area (Å²) in [5, 5.41) is 0. The highest BCUT2D eigenvalue weighted by molar-refractivity contribution is 6.10. The van der Waals surface area contributed by atoms with E-state index in [0.29, 0.717) is 23.8 Å². The third kappa shape index (κ3) is 7.06. The lowest BCUT2D eigenvalue weighted by molar-refractivity contribution is -0.170. The summed E-state index contributed by atoms with van der Waals surface area (Å²) in [6, 6.07) is 17.8. The molecule has 3 aromatic rings. The predicted molar refractivity (Wildman–Crippen MR) is 132 cm³/mol. The molecule has 184 valence electrons. The van der Waals surface area contributed by atoms with E-state index in [9.17, 15) is 9.59 Å². The van der Waals surface area contributed by atoms with E-state index in [1.54, 1.807) is 65.0 Å². The average molecular weight is 478 g/mol. The lowest BCUT2D eigenvalue weighted by atomic mass is 10.0. The van der Waals surface area contributed by atoms with Crippen LogP contribution in [-0.2, 0) is 16.1 Å². The Bertz CT molecular complexity index is 1160. The number of hydrogen-bond donors (Lipinski definition) is 0. The van der Waals surface area contributed by atoms with Gasteiger partial charge in [0.25, 0.3) is 0 Å². The summed E-state index contributed by atoms with van der Waals surface area (Å²) in [5.74, 6) is 0.231. The van der Waals surface area contributed by atoms with Gasteiger partial charge in [-0.2, -0.15) is 0 Å². The van der Waals surface area contributed by atoms with Gasteiger partial charge in [-0.15, -0.1) is 0 Å². The first kappa shape index (κ1) is 25.7. The number of hydrogen-bond acceptors (Lipinski definition) is 7. The van der Waals surface area contributed by atoms with Crippen molar-refractivity contribution in [3.8, 4) is 17.4 Å². The first-order chi connectivity index (χ1) is 16.5. The molecule has 2 aromatic carbocycles. The van der Waals surface area contributed by atoms with Gasteiger partial charge in [-0.05, 0) is 58.4 Å². The predicted octanol–water partition coefficient (Wildman–Crippen LogP) is 5.40. The molecule has 7 nitrogen and oxygen atoms in total. The minimum Gasteiger partial charge on any atom is -0.497 e. The fourth-order valence-electron chi connectivity index (χ4n) is 3.11. The Morgan fingerprint density at radius 1 is 0.914 bits per heavy atom. The first-order valence-electron chi connectivity index (χ1n) is 11.3. The van der Waals surface area contributed by atoms with Crippen LogP contribution in [0.4, 0.5) is 0 Å².